The van der Waals surface area contributed by atoms with Gasteiger partial charge in [0.05, 0.1) is 24.5 Å². The summed E-state index contributed by atoms with van der Waals surface area (Å²) in [5.74, 6) is 0.587. The lowest BCUT2D eigenvalue weighted by Gasteiger charge is -2.20. The molecule has 1 aliphatic rings. The van der Waals surface area contributed by atoms with E-state index in [1.54, 1.807) is 11.6 Å². The molecule has 128 valence electrons. The number of nitrogens with one attached hydrogen (secondary N) is 2. The third-order valence-corrected chi connectivity index (χ3v) is 4.28. The molecule has 2 amide bonds. The Morgan fingerprint density at radius 1 is 1.46 bits per heavy atom. The molecule has 3 heterocycles. The molecule has 2 aromatic heterocycles. The van der Waals surface area contributed by atoms with Crippen molar-refractivity contribution < 1.29 is 14.1 Å². The summed E-state index contributed by atoms with van der Waals surface area (Å²) in [6.45, 7) is 6.13. The van der Waals surface area contributed by atoms with Gasteiger partial charge < -0.3 is 15.2 Å². The van der Waals surface area contributed by atoms with E-state index in [1.165, 1.54) is 0 Å². The maximum absolute atomic E-state index is 12.1. The van der Waals surface area contributed by atoms with Gasteiger partial charge >= 0.3 is 0 Å². The number of hydrogen-bond donors (Lipinski definition) is 2. The molecular weight excluding hydrogens is 312 g/mol. The smallest absolute Gasteiger partial charge is 0.244 e. The molecule has 0 bridgehead atoms. The summed E-state index contributed by atoms with van der Waals surface area (Å²) in [6.07, 6.45) is 0.930. The van der Waals surface area contributed by atoms with Gasteiger partial charge in [0.2, 0.25) is 11.8 Å². The first-order valence-electron chi connectivity index (χ1n) is 7.86. The highest BCUT2D eigenvalue weighted by atomic mass is 16.5. The predicted octanol–water partition coefficient (Wildman–Crippen LogP) is 0.323. The van der Waals surface area contributed by atoms with Crippen LogP contribution in [-0.2, 0) is 29.1 Å². The van der Waals surface area contributed by atoms with Gasteiger partial charge in [-0.2, -0.15) is 0 Å². The molecule has 24 heavy (non-hydrogen) atoms. The van der Waals surface area contributed by atoms with Crippen molar-refractivity contribution in [3.63, 3.8) is 0 Å². The fraction of sp³-hybridized carbons (Fsp3) is 0.533. The van der Waals surface area contributed by atoms with Crippen LogP contribution in [0, 0.1) is 13.8 Å². The van der Waals surface area contributed by atoms with Crippen molar-refractivity contribution in [1.29, 1.82) is 0 Å². The molecule has 0 saturated carbocycles. The van der Waals surface area contributed by atoms with Gasteiger partial charge in [0.15, 0.2) is 0 Å². The molecule has 0 spiro atoms. The second-order valence-electron chi connectivity index (χ2n) is 5.90. The molecule has 3 rings (SSSR count). The van der Waals surface area contributed by atoms with Crippen molar-refractivity contribution in [1.82, 2.24) is 30.8 Å². The van der Waals surface area contributed by atoms with E-state index >= 15 is 0 Å². The average molecular weight is 332 g/mol. The molecule has 0 saturated heterocycles. The molecule has 2 aromatic rings. The summed E-state index contributed by atoms with van der Waals surface area (Å²) in [5, 5.41) is 17.6. The van der Waals surface area contributed by atoms with Crippen LogP contribution >= 0.6 is 0 Å². The Balaban J connectivity index is 1.56. The Hall–Kier alpha value is -2.71. The van der Waals surface area contributed by atoms with E-state index in [0.717, 1.165) is 22.7 Å². The minimum Gasteiger partial charge on any atom is -0.361 e. The maximum atomic E-state index is 12.1. The summed E-state index contributed by atoms with van der Waals surface area (Å²) in [7, 11) is 0. The van der Waals surface area contributed by atoms with Crippen molar-refractivity contribution >= 4 is 11.8 Å². The quantitative estimate of drug-likeness (QED) is 0.815. The zero-order valence-corrected chi connectivity index (χ0v) is 13.9. The fourth-order valence-corrected chi connectivity index (χ4v) is 2.78. The lowest BCUT2D eigenvalue weighted by atomic mass is 10.1. The molecule has 2 N–H and O–H groups in total. The monoisotopic (exact) mass is 332 g/mol. The third-order valence-electron chi connectivity index (χ3n) is 4.28. The van der Waals surface area contributed by atoms with Crippen molar-refractivity contribution in [3.8, 4) is 0 Å². The van der Waals surface area contributed by atoms with Crippen molar-refractivity contribution in [2.24, 2.45) is 0 Å². The van der Waals surface area contributed by atoms with Crippen LogP contribution in [0.1, 0.15) is 47.8 Å². The number of carbonyl (C=O) groups is 2. The SMILES string of the molecule is Cc1noc(C)c1CCC(=O)NCc1nnn2c1CNC(=O)C2C. The zero-order valence-electron chi connectivity index (χ0n) is 13.9. The topological polar surface area (TPSA) is 115 Å². The standard InChI is InChI=1S/C15H20N6O3/c1-8-11(10(3)24-19-8)4-5-14(22)16-6-12-13-7-17-15(23)9(2)21(13)20-18-12/h9H,4-7H2,1-3H3,(H,16,22)(H,17,23). The largest absolute Gasteiger partial charge is 0.361 e. The number of hydrogen-bond acceptors (Lipinski definition) is 6. The number of carbonyl (C=O) groups excluding carboxylic acids is 2. The van der Waals surface area contributed by atoms with Crippen LogP contribution in [-0.4, -0.2) is 32.0 Å². The van der Waals surface area contributed by atoms with Crippen LogP contribution in [0.25, 0.3) is 0 Å². The van der Waals surface area contributed by atoms with Gasteiger partial charge in [-0.3, -0.25) is 9.59 Å². The number of aryl methyl sites for hydroxylation is 2. The molecule has 1 unspecified atom stereocenters. The summed E-state index contributed by atoms with van der Waals surface area (Å²) < 4.78 is 6.69. The minimum absolute atomic E-state index is 0.0790. The van der Waals surface area contributed by atoms with Gasteiger partial charge in [0.1, 0.15) is 17.5 Å². The van der Waals surface area contributed by atoms with Crippen LogP contribution in [0.2, 0.25) is 0 Å². The Morgan fingerprint density at radius 2 is 2.25 bits per heavy atom. The Labute approximate surface area is 138 Å². The first-order chi connectivity index (χ1) is 11.5. The summed E-state index contributed by atoms with van der Waals surface area (Å²) in [4.78, 5) is 23.7. The highest BCUT2D eigenvalue weighted by Crippen LogP contribution is 2.17. The molecule has 0 aromatic carbocycles. The number of fused-ring (bicyclic) bond motifs is 1. The van der Waals surface area contributed by atoms with Crippen LogP contribution in [0.5, 0.6) is 0 Å². The maximum Gasteiger partial charge on any atom is 0.244 e. The van der Waals surface area contributed by atoms with E-state index in [4.69, 9.17) is 4.52 Å². The van der Waals surface area contributed by atoms with Crippen LogP contribution < -0.4 is 10.6 Å². The van der Waals surface area contributed by atoms with Gasteiger partial charge in [-0.05, 0) is 27.2 Å². The first-order valence-corrected chi connectivity index (χ1v) is 7.86. The third kappa shape index (κ3) is 3.01. The van der Waals surface area contributed by atoms with Gasteiger partial charge in [-0.15, -0.1) is 5.10 Å². The van der Waals surface area contributed by atoms with Crippen LogP contribution in [0.3, 0.4) is 0 Å². The molecule has 0 fully saturated rings. The molecule has 9 heteroatoms. The Bertz CT molecular complexity index is 759. The normalized spacial score (nSPS) is 16.6. The number of rotatable bonds is 5. The summed E-state index contributed by atoms with van der Waals surface area (Å²) in [6, 6.07) is -0.384. The molecule has 1 aliphatic heterocycles. The molecular formula is C15H20N6O3. The van der Waals surface area contributed by atoms with E-state index in [9.17, 15) is 9.59 Å². The van der Waals surface area contributed by atoms with Crippen molar-refractivity contribution in [2.75, 3.05) is 0 Å². The first kappa shape index (κ1) is 16.2. The van der Waals surface area contributed by atoms with Gasteiger partial charge in [0, 0.05) is 12.0 Å². The summed E-state index contributed by atoms with van der Waals surface area (Å²) >= 11 is 0. The van der Waals surface area contributed by atoms with Crippen LogP contribution in [0.4, 0.5) is 0 Å². The lowest BCUT2D eigenvalue weighted by Crippen LogP contribution is -2.38. The van der Waals surface area contributed by atoms with Crippen LogP contribution in [0.15, 0.2) is 4.52 Å². The molecule has 0 aliphatic carbocycles. The highest BCUT2D eigenvalue weighted by molar-refractivity contribution is 5.80. The average Bonchev–Trinajstić information content (AvgIpc) is 3.11. The number of aromatic nitrogens is 4. The molecule has 9 nitrogen and oxygen atoms in total. The number of nitrogens with zero attached hydrogens (tertiary/aromatic N) is 4. The second kappa shape index (κ2) is 6.42. The molecule has 0 radical (unpaired) electrons. The van der Waals surface area contributed by atoms with E-state index in [0.29, 0.717) is 31.6 Å². The van der Waals surface area contributed by atoms with Gasteiger partial charge in [-0.1, -0.05) is 10.4 Å². The fourth-order valence-electron chi connectivity index (χ4n) is 2.78. The van der Waals surface area contributed by atoms with Crippen molar-refractivity contribution in [3.05, 3.63) is 28.4 Å². The zero-order chi connectivity index (χ0) is 17.3. The van der Waals surface area contributed by atoms with E-state index in [2.05, 4.69) is 26.1 Å². The predicted molar refractivity (Wildman–Crippen MR) is 82.7 cm³/mol. The van der Waals surface area contributed by atoms with E-state index in [1.807, 2.05) is 13.8 Å². The number of amides is 2. The van der Waals surface area contributed by atoms with Gasteiger partial charge in [0.25, 0.3) is 0 Å². The molecule has 1 atom stereocenters. The minimum atomic E-state index is -0.384. The Kier molecular flexibility index (Phi) is 4.32. The lowest BCUT2D eigenvalue weighted by molar-refractivity contribution is -0.125. The Morgan fingerprint density at radius 3 is 2.96 bits per heavy atom. The van der Waals surface area contributed by atoms with Gasteiger partial charge in [-0.25, -0.2) is 4.68 Å². The van der Waals surface area contributed by atoms with Crippen molar-refractivity contribution in [2.45, 2.75) is 52.7 Å². The highest BCUT2D eigenvalue weighted by Gasteiger charge is 2.27. The summed E-state index contributed by atoms with van der Waals surface area (Å²) in [5.41, 5.74) is 3.29. The van der Waals surface area contributed by atoms with E-state index < -0.39 is 0 Å². The second-order valence-corrected chi connectivity index (χ2v) is 5.90. The van der Waals surface area contributed by atoms with E-state index in [-0.39, 0.29) is 17.9 Å².